The van der Waals surface area contributed by atoms with Crippen LogP contribution in [0.1, 0.15) is 39.2 Å². The van der Waals surface area contributed by atoms with E-state index in [1.807, 2.05) is 20.8 Å². The number of nitrogens with one attached hydrogen (secondary N) is 1. The number of anilines is 1. The highest BCUT2D eigenvalue weighted by Crippen LogP contribution is 2.27. The van der Waals surface area contributed by atoms with Crippen molar-refractivity contribution in [1.29, 1.82) is 0 Å². The summed E-state index contributed by atoms with van der Waals surface area (Å²) in [7, 11) is -4.11. The van der Waals surface area contributed by atoms with E-state index in [4.69, 9.17) is 11.6 Å². The minimum absolute atomic E-state index is 0.0589. The van der Waals surface area contributed by atoms with E-state index in [-0.39, 0.29) is 23.4 Å². The Labute approximate surface area is 244 Å². The van der Waals surface area contributed by atoms with Crippen LogP contribution in [0.15, 0.2) is 88.2 Å². The van der Waals surface area contributed by atoms with Crippen molar-refractivity contribution < 1.29 is 18.0 Å². The zero-order valence-electron chi connectivity index (χ0n) is 22.2. The van der Waals surface area contributed by atoms with Gasteiger partial charge in [-0.3, -0.25) is 13.9 Å². The van der Waals surface area contributed by atoms with Crippen LogP contribution in [0.3, 0.4) is 0 Å². The Hall–Kier alpha value is -2.88. The Morgan fingerprint density at radius 3 is 2.21 bits per heavy atom. The molecule has 1 N–H and O–H groups in total. The zero-order valence-corrected chi connectivity index (χ0v) is 25.3. The first-order valence-electron chi connectivity index (χ1n) is 12.7. The molecular weight excluding hydrogens is 602 g/mol. The SMILES string of the molecule is CC[C@@H](C)NC(=O)[C@@H](CC)N(Cc1ccc(Cl)cc1)C(=O)CN(c1cccc(Br)c1)S(=O)(=O)c1ccccc1. The molecular formula is C29H33BrClN3O4S. The summed E-state index contributed by atoms with van der Waals surface area (Å²) in [6, 6.07) is 20.9. The average Bonchev–Trinajstić information content (AvgIpc) is 2.92. The van der Waals surface area contributed by atoms with Crippen LogP contribution >= 0.6 is 27.5 Å². The molecule has 0 aromatic heterocycles. The van der Waals surface area contributed by atoms with E-state index in [0.29, 0.717) is 21.6 Å². The van der Waals surface area contributed by atoms with Gasteiger partial charge in [-0.2, -0.15) is 0 Å². The van der Waals surface area contributed by atoms with Crippen LogP contribution in [0, 0.1) is 0 Å². The van der Waals surface area contributed by atoms with Crippen molar-refractivity contribution >= 4 is 55.1 Å². The number of rotatable bonds is 12. The molecule has 2 amide bonds. The summed E-state index contributed by atoms with van der Waals surface area (Å²) in [5.74, 6) is -0.787. The van der Waals surface area contributed by atoms with E-state index < -0.39 is 28.5 Å². The minimum Gasteiger partial charge on any atom is -0.352 e. The largest absolute Gasteiger partial charge is 0.352 e. The van der Waals surface area contributed by atoms with E-state index in [1.165, 1.54) is 17.0 Å². The maximum Gasteiger partial charge on any atom is 0.264 e. The molecule has 0 fully saturated rings. The standard InChI is InChI=1S/C29H33BrClN3O4S/c1-4-21(3)32-29(36)27(5-2)33(19-22-14-16-24(31)17-15-22)28(35)20-34(25-11-9-10-23(30)18-25)39(37,38)26-12-7-6-8-13-26/h6-18,21,27H,4-5,19-20H2,1-3H3,(H,32,36)/t21-,27-/m1/s1. The minimum atomic E-state index is -4.11. The molecule has 0 bridgehead atoms. The molecule has 7 nitrogen and oxygen atoms in total. The van der Waals surface area contributed by atoms with Crippen molar-refractivity contribution in [1.82, 2.24) is 10.2 Å². The van der Waals surface area contributed by atoms with E-state index in [1.54, 1.807) is 66.7 Å². The lowest BCUT2D eigenvalue weighted by atomic mass is 10.1. The Morgan fingerprint density at radius 1 is 0.949 bits per heavy atom. The lowest BCUT2D eigenvalue weighted by molar-refractivity contribution is -0.140. The fraction of sp³-hybridized carbons (Fsp3) is 0.310. The van der Waals surface area contributed by atoms with E-state index >= 15 is 0 Å². The maximum atomic E-state index is 14.0. The highest BCUT2D eigenvalue weighted by molar-refractivity contribution is 9.10. The molecule has 10 heteroatoms. The van der Waals surface area contributed by atoms with Gasteiger partial charge in [-0.25, -0.2) is 8.42 Å². The Morgan fingerprint density at radius 2 is 1.62 bits per heavy atom. The molecule has 0 unspecified atom stereocenters. The summed E-state index contributed by atoms with van der Waals surface area (Å²) in [6.07, 6.45) is 1.09. The third-order valence-electron chi connectivity index (χ3n) is 6.36. The first kappa shape index (κ1) is 30.7. The molecule has 2 atom stereocenters. The normalized spacial score (nSPS) is 12.8. The number of hydrogen-bond acceptors (Lipinski definition) is 4. The van der Waals surface area contributed by atoms with E-state index in [9.17, 15) is 18.0 Å². The molecule has 0 aliphatic heterocycles. The molecule has 0 aliphatic rings. The first-order chi connectivity index (χ1) is 18.6. The van der Waals surface area contributed by atoms with Gasteiger partial charge in [0.15, 0.2) is 0 Å². The molecule has 39 heavy (non-hydrogen) atoms. The topological polar surface area (TPSA) is 86.8 Å². The van der Waals surface area contributed by atoms with Gasteiger partial charge in [-0.15, -0.1) is 0 Å². The lowest BCUT2D eigenvalue weighted by Gasteiger charge is -2.33. The molecule has 0 spiro atoms. The van der Waals surface area contributed by atoms with Gasteiger partial charge >= 0.3 is 0 Å². The predicted molar refractivity (Wildman–Crippen MR) is 159 cm³/mol. The van der Waals surface area contributed by atoms with Gasteiger partial charge in [-0.1, -0.05) is 77.8 Å². The Balaban J connectivity index is 2.04. The molecule has 0 radical (unpaired) electrons. The highest BCUT2D eigenvalue weighted by Gasteiger charge is 2.34. The van der Waals surface area contributed by atoms with Crippen LogP contribution in [0.5, 0.6) is 0 Å². The third-order valence-corrected chi connectivity index (χ3v) is 8.89. The number of halogens is 2. The number of benzene rings is 3. The van der Waals surface area contributed by atoms with Gasteiger partial charge < -0.3 is 10.2 Å². The number of nitrogens with zero attached hydrogens (tertiary/aromatic N) is 2. The average molecular weight is 635 g/mol. The van der Waals surface area contributed by atoms with Crippen molar-refractivity contribution in [3.63, 3.8) is 0 Å². The fourth-order valence-corrected chi connectivity index (χ4v) is 5.97. The van der Waals surface area contributed by atoms with Crippen molar-refractivity contribution in [3.8, 4) is 0 Å². The van der Waals surface area contributed by atoms with Crippen LogP contribution < -0.4 is 9.62 Å². The fourth-order valence-electron chi connectivity index (χ4n) is 4.03. The summed E-state index contributed by atoms with van der Waals surface area (Å²) in [6.45, 7) is 5.31. The summed E-state index contributed by atoms with van der Waals surface area (Å²) in [5, 5.41) is 3.52. The third kappa shape index (κ3) is 8.06. The van der Waals surface area contributed by atoms with Gasteiger partial charge in [0.05, 0.1) is 10.6 Å². The Bertz CT molecular complexity index is 1370. The molecule has 3 aromatic carbocycles. The summed E-state index contributed by atoms with van der Waals surface area (Å²) in [5.41, 5.74) is 1.09. The summed E-state index contributed by atoms with van der Waals surface area (Å²) >= 11 is 9.46. The van der Waals surface area contributed by atoms with Crippen LogP contribution in [0.25, 0.3) is 0 Å². The number of carbonyl (C=O) groups is 2. The van der Waals surface area contributed by atoms with Gasteiger partial charge in [0.1, 0.15) is 12.6 Å². The number of sulfonamides is 1. The van der Waals surface area contributed by atoms with Crippen molar-refractivity contribution in [2.45, 2.75) is 57.1 Å². The zero-order chi connectivity index (χ0) is 28.6. The molecule has 208 valence electrons. The summed E-state index contributed by atoms with van der Waals surface area (Å²) < 4.78 is 29.4. The van der Waals surface area contributed by atoms with Crippen LogP contribution in [-0.2, 0) is 26.2 Å². The van der Waals surface area contributed by atoms with Gasteiger partial charge in [0.2, 0.25) is 11.8 Å². The smallest absolute Gasteiger partial charge is 0.264 e. The quantitative estimate of drug-likeness (QED) is 0.264. The van der Waals surface area contributed by atoms with Crippen molar-refractivity contribution in [2.24, 2.45) is 0 Å². The second kappa shape index (κ2) is 14.0. The second-order valence-electron chi connectivity index (χ2n) is 9.19. The monoisotopic (exact) mass is 633 g/mol. The van der Waals surface area contributed by atoms with Crippen molar-refractivity contribution in [3.05, 3.63) is 93.9 Å². The number of hydrogen-bond donors (Lipinski definition) is 1. The molecule has 0 saturated heterocycles. The second-order valence-corrected chi connectivity index (χ2v) is 12.4. The van der Waals surface area contributed by atoms with E-state index in [2.05, 4.69) is 21.2 Å². The summed E-state index contributed by atoms with van der Waals surface area (Å²) in [4.78, 5) is 28.8. The molecule has 3 aromatic rings. The van der Waals surface area contributed by atoms with Gasteiger partial charge in [0, 0.05) is 22.1 Å². The highest BCUT2D eigenvalue weighted by atomic mass is 79.9. The van der Waals surface area contributed by atoms with Gasteiger partial charge in [0.25, 0.3) is 10.0 Å². The molecule has 3 rings (SSSR count). The lowest BCUT2D eigenvalue weighted by Crippen LogP contribution is -2.53. The van der Waals surface area contributed by atoms with Crippen molar-refractivity contribution in [2.75, 3.05) is 10.8 Å². The van der Waals surface area contributed by atoms with Crippen LogP contribution in [0.2, 0.25) is 5.02 Å². The predicted octanol–water partition coefficient (Wildman–Crippen LogP) is 6.02. The molecule has 0 heterocycles. The Kier molecular flexibility index (Phi) is 11.0. The number of amides is 2. The van der Waals surface area contributed by atoms with Gasteiger partial charge in [-0.05, 0) is 67.8 Å². The maximum absolute atomic E-state index is 14.0. The molecule has 0 aliphatic carbocycles. The van der Waals surface area contributed by atoms with Crippen LogP contribution in [-0.4, -0.2) is 43.8 Å². The first-order valence-corrected chi connectivity index (χ1v) is 15.4. The number of carbonyl (C=O) groups excluding carboxylic acids is 2. The van der Waals surface area contributed by atoms with Crippen LogP contribution in [0.4, 0.5) is 5.69 Å². The van der Waals surface area contributed by atoms with E-state index in [0.717, 1.165) is 16.3 Å². The molecule has 0 saturated carbocycles.